The molecule has 3 aromatic rings. The van der Waals surface area contributed by atoms with E-state index in [0.29, 0.717) is 29.3 Å². The van der Waals surface area contributed by atoms with Gasteiger partial charge in [-0.15, -0.1) is 11.3 Å². The van der Waals surface area contributed by atoms with Gasteiger partial charge in [0.25, 0.3) is 0 Å². The lowest BCUT2D eigenvalue weighted by Crippen LogP contribution is -2.47. The lowest BCUT2D eigenvalue weighted by molar-refractivity contribution is -0.127. The number of ether oxygens (including phenoxy) is 1. The Hall–Kier alpha value is -3.65. The highest BCUT2D eigenvalue weighted by Crippen LogP contribution is 2.32. The summed E-state index contributed by atoms with van der Waals surface area (Å²) in [7, 11) is 0. The second-order valence-electron chi connectivity index (χ2n) is 9.50. The van der Waals surface area contributed by atoms with E-state index in [9.17, 15) is 14.4 Å². The Morgan fingerprint density at radius 1 is 1.00 bits per heavy atom. The zero-order chi connectivity index (χ0) is 26.9. The maximum atomic E-state index is 14.0. The molecule has 0 unspecified atom stereocenters. The van der Waals surface area contributed by atoms with Gasteiger partial charge in [-0.25, -0.2) is 0 Å². The van der Waals surface area contributed by atoms with Crippen LogP contribution in [0.4, 0.5) is 11.4 Å². The summed E-state index contributed by atoms with van der Waals surface area (Å²) in [5.74, 6) is 0.144. The van der Waals surface area contributed by atoms with Crippen LogP contribution >= 0.6 is 11.3 Å². The van der Waals surface area contributed by atoms with Crippen molar-refractivity contribution >= 4 is 40.4 Å². The third-order valence-electron chi connectivity index (χ3n) is 6.61. The monoisotopic (exact) mass is 533 g/mol. The summed E-state index contributed by atoms with van der Waals surface area (Å²) in [5.41, 5.74) is 1.90. The van der Waals surface area contributed by atoms with E-state index in [2.05, 4.69) is 10.6 Å². The Morgan fingerprint density at radius 2 is 1.71 bits per heavy atom. The highest BCUT2D eigenvalue weighted by molar-refractivity contribution is 7.10. The van der Waals surface area contributed by atoms with Crippen molar-refractivity contribution in [3.63, 3.8) is 0 Å². The summed E-state index contributed by atoms with van der Waals surface area (Å²) >= 11 is 1.51. The third kappa shape index (κ3) is 7.22. The van der Waals surface area contributed by atoms with Gasteiger partial charge in [-0.3, -0.25) is 19.3 Å². The molecule has 0 aliphatic heterocycles. The largest absolute Gasteiger partial charge is 0.494 e. The molecule has 7 nitrogen and oxygen atoms in total. The molecule has 38 heavy (non-hydrogen) atoms. The van der Waals surface area contributed by atoms with Crippen molar-refractivity contribution in [2.75, 3.05) is 16.8 Å². The Labute approximate surface area is 228 Å². The van der Waals surface area contributed by atoms with Crippen molar-refractivity contribution in [2.45, 2.75) is 64.5 Å². The van der Waals surface area contributed by atoms with Gasteiger partial charge in [-0.05, 0) is 73.2 Å². The number of thiophene rings is 1. The summed E-state index contributed by atoms with van der Waals surface area (Å²) in [4.78, 5) is 41.9. The molecule has 1 aromatic heterocycles. The van der Waals surface area contributed by atoms with Crippen LogP contribution in [0.5, 0.6) is 5.75 Å². The minimum atomic E-state index is -0.869. The van der Waals surface area contributed by atoms with Crippen LogP contribution in [0.25, 0.3) is 0 Å². The van der Waals surface area contributed by atoms with E-state index in [-0.39, 0.29) is 30.2 Å². The summed E-state index contributed by atoms with van der Waals surface area (Å²) in [6.07, 6.45) is 5.41. The molecular weight excluding hydrogens is 498 g/mol. The number of carbonyl (C=O) groups is 3. The van der Waals surface area contributed by atoms with Crippen molar-refractivity contribution in [1.82, 2.24) is 5.32 Å². The number of carbonyl (C=O) groups excluding carboxylic acids is 3. The molecule has 200 valence electrons. The number of nitrogens with zero attached hydrogens (tertiary/aromatic N) is 1. The highest BCUT2D eigenvalue weighted by atomic mass is 32.1. The van der Waals surface area contributed by atoms with E-state index >= 15 is 0 Å². The standard InChI is InChI=1S/C30H35N3O4S/c1-3-37-26-17-11-22(12-18-26)29(30(36)32-23-8-5-4-6-9-23)33(28(35)20-27-10-7-19-38-27)25-15-13-24(14-16-25)31-21(2)34/h7,10-19,23,29H,3-6,8-9,20H2,1-2H3,(H,31,34)(H,32,36)/t29-/m0/s1. The van der Waals surface area contributed by atoms with Crippen LogP contribution in [0.15, 0.2) is 66.0 Å². The average molecular weight is 534 g/mol. The van der Waals surface area contributed by atoms with Gasteiger partial charge in [-0.2, -0.15) is 0 Å². The second-order valence-corrected chi connectivity index (χ2v) is 10.5. The maximum absolute atomic E-state index is 14.0. The molecule has 1 aliphatic carbocycles. The lowest BCUT2D eigenvalue weighted by Gasteiger charge is -2.33. The van der Waals surface area contributed by atoms with Crippen LogP contribution in [0, 0.1) is 0 Å². The minimum absolute atomic E-state index is 0.0952. The molecule has 1 aliphatic rings. The van der Waals surface area contributed by atoms with E-state index < -0.39 is 6.04 Å². The fraction of sp³-hybridized carbons (Fsp3) is 0.367. The smallest absolute Gasteiger partial charge is 0.248 e. The van der Waals surface area contributed by atoms with Crippen molar-refractivity contribution in [2.24, 2.45) is 0 Å². The molecule has 1 saturated carbocycles. The Bertz CT molecular complexity index is 1200. The molecule has 0 saturated heterocycles. The molecule has 4 rings (SSSR count). The summed E-state index contributed by atoms with van der Waals surface area (Å²) in [6, 6.07) is 17.5. The van der Waals surface area contributed by atoms with Gasteiger partial charge in [0.15, 0.2) is 0 Å². The molecule has 2 aromatic carbocycles. The predicted molar refractivity (Wildman–Crippen MR) is 152 cm³/mol. The van der Waals surface area contributed by atoms with Crippen LogP contribution < -0.4 is 20.3 Å². The first kappa shape index (κ1) is 27.4. The minimum Gasteiger partial charge on any atom is -0.494 e. The van der Waals surface area contributed by atoms with E-state index in [1.54, 1.807) is 29.2 Å². The highest BCUT2D eigenvalue weighted by Gasteiger charge is 2.34. The molecule has 0 radical (unpaired) electrons. The topological polar surface area (TPSA) is 87.7 Å². The van der Waals surface area contributed by atoms with Crippen molar-refractivity contribution in [3.05, 3.63) is 76.5 Å². The number of anilines is 2. The van der Waals surface area contributed by atoms with Crippen molar-refractivity contribution in [1.29, 1.82) is 0 Å². The first-order chi connectivity index (χ1) is 18.4. The molecule has 0 bridgehead atoms. The van der Waals surface area contributed by atoms with Gasteiger partial charge in [0.2, 0.25) is 17.7 Å². The molecule has 2 N–H and O–H groups in total. The van der Waals surface area contributed by atoms with Gasteiger partial charge in [0.1, 0.15) is 11.8 Å². The number of nitrogens with one attached hydrogen (secondary N) is 2. The summed E-state index contributed by atoms with van der Waals surface area (Å²) in [6.45, 7) is 3.91. The van der Waals surface area contributed by atoms with Gasteiger partial charge in [0.05, 0.1) is 13.0 Å². The Kier molecular flexibility index (Phi) is 9.54. The molecule has 1 heterocycles. The van der Waals surface area contributed by atoms with Crippen molar-refractivity contribution < 1.29 is 19.1 Å². The number of amides is 3. The van der Waals surface area contributed by atoms with E-state index in [1.165, 1.54) is 24.7 Å². The van der Waals surface area contributed by atoms with E-state index in [1.807, 2.05) is 48.7 Å². The van der Waals surface area contributed by atoms with Gasteiger partial charge in [-0.1, -0.05) is 37.5 Å². The maximum Gasteiger partial charge on any atom is 0.248 e. The number of benzene rings is 2. The van der Waals surface area contributed by atoms with Crippen LogP contribution in [0.2, 0.25) is 0 Å². The lowest BCUT2D eigenvalue weighted by atomic mass is 9.94. The fourth-order valence-corrected chi connectivity index (χ4v) is 5.55. The Balaban J connectivity index is 1.74. The van der Waals surface area contributed by atoms with Crippen molar-refractivity contribution in [3.8, 4) is 5.75 Å². The molecule has 8 heteroatoms. The van der Waals surface area contributed by atoms with Gasteiger partial charge < -0.3 is 15.4 Å². The number of hydrogen-bond donors (Lipinski definition) is 2. The number of rotatable bonds is 10. The van der Waals surface area contributed by atoms with E-state index in [0.717, 1.165) is 30.6 Å². The second kappa shape index (κ2) is 13.2. The molecule has 1 fully saturated rings. The van der Waals surface area contributed by atoms with Gasteiger partial charge in [0, 0.05) is 29.2 Å². The first-order valence-corrected chi connectivity index (χ1v) is 14.1. The molecule has 0 spiro atoms. The van der Waals surface area contributed by atoms with Crippen LogP contribution in [-0.4, -0.2) is 30.4 Å². The fourth-order valence-electron chi connectivity index (χ4n) is 4.85. The van der Waals surface area contributed by atoms with Crippen LogP contribution in [-0.2, 0) is 20.8 Å². The SMILES string of the molecule is CCOc1ccc([C@@H](C(=O)NC2CCCCC2)N(C(=O)Cc2cccs2)c2ccc(NC(C)=O)cc2)cc1. The zero-order valence-electron chi connectivity index (χ0n) is 21.9. The quantitative estimate of drug-likeness (QED) is 0.341. The molecule has 1 atom stereocenters. The number of hydrogen-bond acceptors (Lipinski definition) is 5. The van der Waals surface area contributed by atoms with E-state index in [4.69, 9.17) is 4.74 Å². The van der Waals surface area contributed by atoms with Crippen LogP contribution in [0.1, 0.15) is 62.4 Å². The van der Waals surface area contributed by atoms with Gasteiger partial charge >= 0.3 is 0 Å². The third-order valence-corrected chi connectivity index (χ3v) is 7.48. The zero-order valence-corrected chi connectivity index (χ0v) is 22.8. The molecule has 3 amide bonds. The van der Waals surface area contributed by atoms with Crippen LogP contribution in [0.3, 0.4) is 0 Å². The summed E-state index contributed by atoms with van der Waals surface area (Å²) < 4.78 is 5.62. The first-order valence-electron chi connectivity index (χ1n) is 13.2. The molecular formula is C30H35N3O4S. The average Bonchev–Trinajstić information content (AvgIpc) is 3.42. The normalized spacial score (nSPS) is 14.4. The summed E-state index contributed by atoms with van der Waals surface area (Å²) in [5, 5.41) is 7.94. The predicted octanol–water partition coefficient (Wildman–Crippen LogP) is 5.87. The Morgan fingerprint density at radius 3 is 2.32 bits per heavy atom.